The van der Waals surface area contributed by atoms with Gasteiger partial charge in [0.1, 0.15) is 0 Å². The summed E-state index contributed by atoms with van der Waals surface area (Å²) in [6.07, 6.45) is 7.15. The molecule has 5 nitrogen and oxygen atoms in total. The van der Waals surface area contributed by atoms with Crippen LogP contribution in [0.25, 0.3) is 0 Å². The summed E-state index contributed by atoms with van der Waals surface area (Å²) in [5.41, 5.74) is 2.20. The highest BCUT2D eigenvalue weighted by atomic mass is 16.5. The molecule has 0 radical (unpaired) electrons. The van der Waals surface area contributed by atoms with Crippen LogP contribution in [0.15, 0.2) is 36.7 Å². The Bertz CT molecular complexity index is 767. The number of benzene rings is 1. The SMILES string of the molecule is COc1ccc(C2(C(=O)Nc3cnccc3C)CCCC2)cc1OC. The van der Waals surface area contributed by atoms with E-state index in [1.54, 1.807) is 26.6 Å². The second-order valence-electron chi connectivity index (χ2n) is 6.50. The van der Waals surface area contributed by atoms with Crippen molar-refractivity contribution in [2.24, 2.45) is 0 Å². The third-order valence-corrected chi connectivity index (χ3v) is 5.12. The van der Waals surface area contributed by atoms with Gasteiger partial charge in [0, 0.05) is 6.20 Å². The number of amides is 1. The molecule has 25 heavy (non-hydrogen) atoms. The van der Waals surface area contributed by atoms with E-state index in [1.165, 1.54) is 0 Å². The van der Waals surface area contributed by atoms with E-state index in [-0.39, 0.29) is 5.91 Å². The lowest BCUT2D eigenvalue weighted by Gasteiger charge is -2.29. The van der Waals surface area contributed by atoms with Crippen LogP contribution in [-0.4, -0.2) is 25.1 Å². The Labute approximate surface area is 148 Å². The Morgan fingerprint density at radius 2 is 1.84 bits per heavy atom. The monoisotopic (exact) mass is 340 g/mol. The zero-order chi connectivity index (χ0) is 17.9. The minimum absolute atomic E-state index is 0.0216. The summed E-state index contributed by atoms with van der Waals surface area (Å²) in [7, 11) is 3.22. The highest BCUT2D eigenvalue weighted by Gasteiger charge is 2.43. The average molecular weight is 340 g/mol. The Morgan fingerprint density at radius 3 is 2.48 bits per heavy atom. The van der Waals surface area contributed by atoms with Crippen LogP contribution in [0.3, 0.4) is 0 Å². The molecule has 1 saturated carbocycles. The quantitative estimate of drug-likeness (QED) is 0.898. The van der Waals surface area contributed by atoms with E-state index in [1.807, 2.05) is 31.2 Å². The second kappa shape index (κ2) is 7.13. The molecule has 1 N–H and O–H groups in total. The number of carbonyl (C=O) groups is 1. The zero-order valence-corrected chi connectivity index (χ0v) is 15.0. The first kappa shape index (κ1) is 17.3. The first-order chi connectivity index (χ1) is 12.1. The van der Waals surface area contributed by atoms with Crippen LogP contribution in [-0.2, 0) is 10.2 Å². The fourth-order valence-electron chi connectivity index (χ4n) is 3.60. The first-order valence-corrected chi connectivity index (χ1v) is 8.55. The van der Waals surface area contributed by atoms with Crippen molar-refractivity contribution in [3.05, 3.63) is 47.8 Å². The standard InChI is InChI=1S/C20H24N2O3/c1-14-8-11-21-13-16(14)22-19(23)20(9-4-5-10-20)15-6-7-17(24-2)18(12-15)25-3/h6-8,11-13H,4-5,9-10H2,1-3H3,(H,22,23). The van der Waals surface area contributed by atoms with Gasteiger partial charge in [-0.2, -0.15) is 0 Å². The smallest absolute Gasteiger partial charge is 0.235 e. The van der Waals surface area contributed by atoms with Crippen LogP contribution >= 0.6 is 0 Å². The number of pyridine rings is 1. The summed E-state index contributed by atoms with van der Waals surface area (Å²) in [5, 5.41) is 3.08. The summed E-state index contributed by atoms with van der Waals surface area (Å²) in [6, 6.07) is 7.67. The maximum Gasteiger partial charge on any atom is 0.235 e. The van der Waals surface area contributed by atoms with Crippen molar-refractivity contribution >= 4 is 11.6 Å². The molecule has 0 saturated heterocycles. The van der Waals surface area contributed by atoms with Crippen LogP contribution in [0, 0.1) is 6.92 Å². The number of methoxy groups -OCH3 is 2. The first-order valence-electron chi connectivity index (χ1n) is 8.55. The van der Waals surface area contributed by atoms with E-state index in [2.05, 4.69) is 10.3 Å². The molecule has 0 bridgehead atoms. The number of nitrogens with one attached hydrogen (secondary N) is 1. The molecule has 0 aliphatic heterocycles. The topological polar surface area (TPSA) is 60.5 Å². The van der Waals surface area contributed by atoms with E-state index in [4.69, 9.17) is 9.47 Å². The van der Waals surface area contributed by atoms with E-state index >= 15 is 0 Å². The van der Waals surface area contributed by atoms with Gasteiger partial charge in [-0.3, -0.25) is 9.78 Å². The Hall–Kier alpha value is -2.56. The summed E-state index contributed by atoms with van der Waals surface area (Å²) in [6.45, 7) is 1.97. The van der Waals surface area contributed by atoms with Crippen LogP contribution in [0.2, 0.25) is 0 Å². The van der Waals surface area contributed by atoms with Gasteiger partial charge in [-0.05, 0) is 49.1 Å². The van der Waals surface area contributed by atoms with Gasteiger partial charge in [-0.1, -0.05) is 18.9 Å². The van der Waals surface area contributed by atoms with Crippen molar-refractivity contribution in [3.63, 3.8) is 0 Å². The highest BCUT2D eigenvalue weighted by molar-refractivity contribution is 6.00. The third-order valence-electron chi connectivity index (χ3n) is 5.12. The molecule has 2 aromatic rings. The number of hydrogen-bond acceptors (Lipinski definition) is 4. The van der Waals surface area contributed by atoms with Crippen molar-refractivity contribution in [3.8, 4) is 11.5 Å². The lowest BCUT2D eigenvalue weighted by molar-refractivity contribution is -0.121. The molecule has 1 amide bonds. The number of rotatable bonds is 5. The molecule has 132 valence electrons. The van der Waals surface area contributed by atoms with Crippen molar-refractivity contribution in [1.29, 1.82) is 0 Å². The molecule has 0 unspecified atom stereocenters. The Balaban J connectivity index is 1.97. The fraction of sp³-hybridized carbons (Fsp3) is 0.400. The maximum absolute atomic E-state index is 13.2. The van der Waals surface area contributed by atoms with Gasteiger partial charge in [-0.15, -0.1) is 0 Å². The average Bonchev–Trinajstić information content (AvgIpc) is 3.14. The molecule has 0 atom stereocenters. The Kier molecular flexibility index (Phi) is 4.93. The number of ether oxygens (including phenoxy) is 2. The summed E-state index contributed by atoms with van der Waals surface area (Å²) in [5.74, 6) is 1.34. The summed E-state index contributed by atoms with van der Waals surface area (Å²) < 4.78 is 10.8. The zero-order valence-electron chi connectivity index (χ0n) is 15.0. The minimum Gasteiger partial charge on any atom is -0.493 e. The second-order valence-corrected chi connectivity index (χ2v) is 6.50. The molecule has 1 aliphatic rings. The number of anilines is 1. The molecule has 5 heteroatoms. The summed E-state index contributed by atoms with van der Waals surface area (Å²) >= 11 is 0. The number of nitrogens with zero attached hydrogens (tertiary/aromatic N) is 1. The van der Waals surface area contributed by atoms with Gasteiger partial charge in [0.2, 0.25) is 5.91 Å². The van der Waals surface area contributed by atoms with Crippen LogP contribution in [0.5, 0.6) is 11.5 Å². The number of carbonyl (C=O) groups excluding carboxylic acids is 1. The van der Waals surface area contributed by atoms with Crippen LogP contribution < -0.4 is 14.8 Å². The van der Waals surface area contributed by atoms with E-state index < -0.39 is 5.41 Å². The molecule has 0 spiro atoms. The van der Waals surface area contributed by atoms with Gasteiger partial charge in [0.25, 0.3) is 0 Å². The fourth-order valence-corrected chi connectivity index (χ4v) is 3.60. The largest absolute Gasteiger partial charge is 0.493 e. The van der Waals surface area contributed by atoms with Gasteiger partial charge >= 0.3 is 0 Å². The molecular formula is C20H24N2O3. The number of aryl methyl sites for hydroxylation is 1. The van der Waals surface area contributed by atoms with Crippen molar-refractivity contribution in [2.45, 2.75) is 38.0 Å². The Morgan fingerprint density at radius 1 is 1.12 bits per heavy atom. The van der Waals surface area contributed by atoms with Gasteiger partial charge in [-0.25, -0.2) is 0 Å². The lowest BCUT2D eigenvalue weighted by Crippen LogP contribution is -2.38. The molecular weight excluding hydrogens is 316 g/mol. The van der Waals surface area contributed by atoms with E-state index in [0.29, 0.717) is 11.5 Å². The highest BCUT2D eigenvalue weighted by Crippen LogP contribution is 2.44. The number of aromatic nitrogens is 1. The van der Waals surface area contributed by atoms with Gasteiger partial charge < -0.3 is 14.8 Å². The van der Waals surface area contributed by atoms with Crippen molar-refractivity contribution < 1.29 is 14.3 Å². The van der Waals surface area contributed by atoms with E-state index in [9.17, 15) is 4.79 Å². The van der Waals surface area contributed by atoms with Crippen LogP contribution in [0.4, 0.5) is 5.69 Å². The molecule has 1 aromatic carbocycles. The predicted molar refractivity (Wildman–Crippen MR) is 97.3 cm³/mol. The molecule has 1 fully saturated rings. The third kappa shape index (κ3) is 3.18. The lowest BCUT2D eigenvalue weighted by atomic mass is 9.77. The maximum atomic E-state index is 13.2. The minimum atomic E-state index is -0.540. The normalized spacial score (nSPS) is 15.6. The van der Waals surface area contributed by atoms with Crippen LogP contribution in [0.1, 0.15) is 36.8 Å². The van der Waals surface area contributed by atoms with Crippen molar-refractivity contribution in [2.75, 3.05) is 19.5 Å². The predicted octanol–water partition coefficient (Wildman–Crippen LogP) is 3.86. The van der Waals surface area contributed by atoms with Crippen molar-refractivity contribution in [1.82, 2.24) is 4.98 Å². The molecule has 1 aromatic heterocycles. The van der Waals surface area contributed by atoms with E-state index in [0.717, 1.165) is 42.5 Å². The van der Waals surface area contributed by atoms with Gasteiger partial charge in [0.15, 0.2) is 11.5 Å². The molecule has 3 rings (SSSR count). The molecule has 1 aliphatic carbocycles. The summed E-state index contributed by atoms with van der Waals surface area (Å²) in [4.78, 5) is 17.4. The molecule has 1 heterocycles. The van der Waals surface area contributed by atoms with Gasteiger partial charge in [0.05, 0.1) is 31.5 Å². The number of hydrogen-bond donors (Lipinski definition) is 1.